The Balaban J connectivity index is 2.01. The Morgan fingerprint density at radius 3 is 2.28 bits per heavy atom. The number of rotatable bonds is 7. The smallest absolute Gasteiger partial charge is 0.191 e. The van der Waals surface area contributed by atoms with Crippen molar-refractivity contribution in [1.82, 2.24) is 10.6 Å². The topological polar surface area (TPSA) is 54.9 Å². The van der Waals surface area contributed by atoms with Crippen molar-refractivity contribution < 1.29 is 9.47 Å². The molecular formula is C20H27N3O2. The van der Waals surface area contributed by atoms with Gasteiger partial charge in [0.2, 0.25) is 0 Å². The van der Waals surface area contributed by atoms with Crippen molar-refractivity contribution in [1.29, 1.82) is 0 Å². The molecule has 0 aliphatic heterocycles. The van der Waals surface area contributed by atoms with Gasteiger partial charge in [0, 0.05) is 13.1 Å². The minimum atomic E-state index is 0.593. The van der Waals surface area contributed by atoms with E-state index in [1.54, 1.807) is 14.2 Å². The predicted molar refractivity (Wildman–Crippen MR) is 102 cm³/mol. The van der Waals surface area contributed by atoms with Crippen molar-refractivity contribution >= 4 is 5.96 Å². The van der Waals surface area contributed by atoms with Crippen LogP contribution in [0.25, 0.3) is 0 Å². The van der Waals surface area contributed by atoms with E-state index < -0.39 is 0 Å². The van der Waals surface area contributed by atoms with E-state index in [1.807, 2.05) is 36.4 Å². The van der Waals surface area contributed by atoms with Gasteiger partial charge in [0.05, 0.1) is 20.8 Å². The summed E-state index contributed by atoms with van der Waals surface area (Å²) in [6.45, 7) is 6.22. The summed E-state index contributed by atoms with van der Waals surface area (Å²) in [5, 5.41) is 6.63. The van der Waals surface area contributed by atoms with Gasteiger partial charge in [-0.05, 0) is 54.8 Å². The average Bonchev–Trinajstić information content (AvgIpc) is 2.64. The fourth-order valence-corrected chi connectivity index (χ4v) is 2.47. The van der Waals surface area contributed by atoms with Gasteiger partial charge in [-0.15, -0.1) is 0 Å². The summed E-state index contributed by atoms with van der Waals surface area (Å²) in [4.78, 5) is 4.66. The maximum Gasteiger partial charge on any atom is 0.191 e. The molecule has 0 saturated heterocycles. The molecule has 5 heteroatoms. The van der Waals surface area contributed by atoms with E-state index in [0.29, 0.717) is 13.1 Å². The molecule has 0 aliphatic carbocycles. The quantitative estimate of drug-likeness (QED) is 0.599. The lowest BCUT2D eigenvalue weighted by Crippen LogP contribution is -2.36. The number of hydrogen-bond donors (Lipinski definition) is 2. The molecule has 0 atom stereocenters. The Kier molecular flexibility index (Phi) is 7.14. The van der Waals surface area contributed by atoms with E-state index in [-0.39, 0.29) is 0 Å². The van der Waals surface area contributed by atoms with Crippen molar-refractivity contribution in [3.8, 4) is 11.5 Å². The molecule has 2 aromatic carbocycles. The molecule has 0 heterocycles. The maximum absolute atomic E-state index is 5.32. The number of methoxy groups -OCH3 is 2. The van der Waals surface area contributed by atoms with E-state index in [4.69, 9.17) is 9.47 Å². The first-order valence-electron chi connectivity index (χ1n) is 8.44. The molecule has 0 unspecified atom stereocenters. The second-order valence-corrected chi connectivity index (χ2v) is 5.76. The second kappa shape index (κ2) is 9.57. The molecule has 25 heavy (non-hydrogen) atoms. The fourth-order valence-electron chi connectivity index (χ4n) is 2.47. The average molecular weight is 341 g/mol. The zero-order valence-corrected chi connectivity index (χ0v) is 15.4. The van der Waals surface area contributed by atoms with Crippen molar-refractivity contribution in [2.45, 2.75) is 26.9 Å². The third-order valence-corrected chi connectivity index (χ3v) is 3.73. The molecule has 0 spiro atoms. The number of nitrogens with one attached hydrogen (secondary N) is 2. The number of ether oxygens (including phenoxy) is 2. The molecule has 5 nitrogen and oxygen atoms in total. The Bertz CT molecular complexity index is 697. The second-order valence-electron chi connectivity index (χ2n) is 5.76. The Morgan fingerprint density at radius 2 is 1.64 bits per heavy atom. The first kappa shape index (κ1) is 18.6. The van der Waals surface area contributed by atoms with Crippen LogP contribution in [0.3, 0.4) is 0 Å². The van der Waals surface area contributed by atoms with E-state index >= 15 is 0 Å². The minimum Gasteiger partial charge on any atom is -0.497 e. The van der Waals surface area contributed by atoms with Crippen LogP contribution in [0.5, 0.6) is 11.5 Å². The van der Waals surface area contributed by atoms with Gasteiger partial charge in [-0.25, -0.2) is 4.99 Å². The zero-order valence-electron chi connectivity index (χ0n) is 15.4. The van der Waals surface area contributed by atoms with Crippen LogP contribution in [0.4, 0.5) is 0 Å². The number of aliphatic imine (C=N–C) groups is 1. The highest BCUT2D eigenvalue weighted by atomic mass is 16.5. The van der Waals surface area contributed by atoms with Gasteiger partial charge in [-0.2, -0.15) is 0 Å². The summed E-state index contributed by atoms with van der Waals surface area (Å²) in [6.07, 6.45) is 0. The van der Waals surface area contributed by atoms with Crippen LogP contribution in [-0.2, 0) is 13.1 Å². The maximum atomic E-state index is 5.32. The summed E-state index contributed by atoms with van der Waals surface area (Å²) in [6, 6.07) is 14.2. The van der Waals surface area contributed by atoms with Crippen LogP contribution in [0, 0.1) is 6.92 Å². The SMILES string of the molecule is CCNC(=NCc1cc(C)cc(OC)c1)NCc1ccc(OC)cc1. The van der Waals surface area contributed by atoms with Gasteiger partial charge in [-0.1, -0.05) is 18.2 Å². The number of benzene rings is 2. The van der Waals surface area contributed by atoms with Gasteiger partial charge in [0.15, 0.2) is 5.96 Å². The number of aryl methyl sites for hydroxylation is 1. The molecule has 0 aliphatic rings. The molecule has 0 bridgehead atoms. The summed E-state index contributed by atoms with van der Waals surface area (Å²) in [5.41, 5.74) is 3.46. The van der Waals surface area contributed by atoms with Crippen molar-refractivity contribution in [2.75, 3.05) is 20.8 Å². The van der Waals surface area contributed by atoms with Gasteiger partial charge in [0.25, 0.3) is 0 Å². The number of guanidine groups is 1. The first-order chi connectivity index (χ1) is 12.1. The molecule has 0 aromatic heterocycles. The highest BCUT2D eigenvalue weighted by Crippen LogP contribution is 2.17. The van der Waals surface area contributed by atoms with Crippen LogP contribution in [-0.4, -0.2) is 26.7 Å². The van der Waals surface area contributed by atoms with Crippen molar-refractivity contribution in [3.05, 3.63) is 59.2 Å². The van der Waals surface area contributed by atoms with Crippen LogP contribution in [0.1, 0.15) is 23.6 Å². The highest BCUT2D eigenvalue weighted by molar-refractivity contribution is 5.79. The molecule has 2 N–H and O–H groups in total. The molecule has 0 fully saturated rings. The minimum absolute atomic E-state index is 0.593. The monoisotopic (exact) mass is 341 g/mol. The van der Waals surface area contributed by atoms with Gasteiger partial charge >= 0.3 is 0 Å². The van der Waals surface area contributed by atoms with Crippen LogP contribution < -0.4 is 20.1 Å². The lowest BCUT2D eigenvalue weighted by atomic mass is 10.1. The number of nitrogens with zero attached hydrogens (tertiary/aromatic N) is 1. The van der Waals surface area contributed by atoms with Crippen LogP contribution in [0.2, 0.25) is 0 Å². The lowest BCUT2D eigenvalue weighted by molar-refractivity contribution is 0.414. The lowest BCUT2D eigenvalue weighted by Gasteiger charge is -2.12. The molecule has 2 rings (SSSR count). The normalized spacial score (nSPS) is 11.1. The molecule has 134 valence electrons. The summed E-state index contributed by atoms with van der Waals surface area (Å²) < 4.78 is 10.5. The summed E-state index contributed by atoms with van der Waals surface area (Å²) in [7, 11) is 3.35. The van der Waals surface area contributed by atoms with Crippen LogP contribution in [0.15, 0.2) is 47.5 Å². The molecule has 2 aromatic rings. The molecular weight excluding hydrogens is 314 g/mol. The Labute approximate surface area is 150 Å². The van der Waals surface area contributed by atoms with Gasteiger partial charge < -0.3 is 20.1 Å². The van der Waals surface area contributed by atoms with Crippen LogP contribution >= 0.6 is 0 Å². The van der Waals surface area contributed by atoms with Crippen molar-refractivity contribution in [2.24, 2.45) is 4.99 Å². The Morgan fingerprint density at radius 1 is 0.920 bits per heavy atom. The van der Waals surface area contributed by atoms with Crippen molar-refractivity contribution in [3.63, 3.8) is 0 Å². The van der Waals surface area contributed by atoms with E-state index in [2.05, 4.69) is 35.5 Å². The molecule has 0 amide bonds. The third-order valence-electron chi connectivity index (χ3n) is 3.73. The first-order valence-corrected chi connectivity index (χ1v) is 8.44. The number of hydrogen-bond acceptors (Lipinski definition) is 3. The standard InChI is InChI=1S/C20H27N3O2/c1-5-21-20(22-13-16-6-8-18(24-3)9-7-16)23-14-17-10-15(2)11-19(12-17)25-4/h6-12H,5,13-14H2,1-4H3,(H2,21,22,23). The summed E-state index contributed by atoms with van der Waals surface area (Å²) >= 11 is 0. The fraction of sp³-hybridized carbons (Fsp3) is 0.350. The van der Waals surface area contributed by atoms with E-state index in [1.165, 1.54) is 11.1 Å². The molecule has 0 saturated carbocycles. The van der Waals surface area contributed by atoms with E-state index in [0.717, 1.165) is 29.6 Å². The predicted octanol–water partition coefficient (Wildman–Crippen LogP) is 3.27. The summed E-state index contributed by atoms with van der Waals surface area (Å²) in [5.74, 6) is 2.51. The highest BCUT2D eigenvalue weighted by Gasteiger charge is 2.01. The van der Waals surface area contributed by atoms with Gasteiger partial charge in [0.1, 0.15) is 11.5 Å². The Hall–Kier alpha value is -2.69. The molecule has 0 radical (unpaired) electrons. The third kappa shape index (κ3) is 6.03. The van der Waals surface area contributed by atoms with E-state index in [9.17, 15) is 0 Å². The van der Waals surface area contributed by atoms with Gasteiger partial charge in [-0.3, -0.25) is 0 Å². The zero-order chi connectivity index (χ0) is 18.1. The largest absolute Gasteiger partial charge is 0.497 e.